The number of benzene rings is 1. The van der Waals surface area contributed by atoms with Crippen LogP contribution in [0.15, 0.2) is 18.2 Å². The summed E-state index contributed by atoms with van der Waals surface area (Å²) >= 11 is 0. The Morgan fingerprint density at radius 1 is 1.22 bits per heavy atom. The van der Waals surface area contributed by atoms with Gasteiger partial charge in [-0.25, -0.2) is 0 Å². The molecule has 18 heavy (non-hydrogen) atoms. The average molecular weight is 250 g/mol. The predicted molar refractivity (Wildman–Crippen MR) is 72.1 cm³/mol. The molecule has 0 saturated carbocycles. The first-order valence-corrected chi connectivity index (χ1v) is 6.24. The minimum Gasteiger partial charge on any atom is -0.496 e. The number of carbonyl (C=O) groups excluding carboxylic acids is 1. The van der Waals surface area contributed by atoms with E-state index in [-0.39, 0.29) is 11.9 Å². The highest BCUT2D eigenvalue weighted by Gasteiger charge is 2.15. The summed E-state index contributed by atoms with van der Waals surface area (Å²) in [5, 5.41) is 0. The average Bonchev–Trinajstić information content (AvgIpc) is 2.37. The van der Waals surface area contributed by atoms with Gasteiger partial charge in [-0.05, 0) is 29.0 Å². The van der Waals surface area contributed by atoms with Crippen LogP contribution in [-0.4, -0.2) is 20.2 Å². The van der Waals surface area contributed by atoms with E-state index < -0.39 is 0 Å². The minimum absolute atomic E-state index is 0.154. The molecule has 0 aliphatic carbocycles. The van der Waals surface area contributed by atoms with E-state index >= 15 is 0 Å². The van der Waals surface area contributed by atoms with Crippen molar-refractivity contribution in [1.82, 2.24) is 0 Å². The molecule has 3 heteroatoms. The summed E-state index contributed by atoms with van der Waals surface area (Å²) in [5.74, 6) is 1.27. The first-order valence-electron chi connectivity index (χ1n) is 6.24. The number of methoxy groups -OCH3 is 2. The Hall–Kier alpha value is -1.51. The van der Waals surface area contributed by atoms with Crippen molar-refractivity contribution < 1.29 is 14.3 Å². The zero-order valence-electron chi connectivity index (χ0n) is 11.8. The highest BCUT2D eigenvalue weighted by molar-refractivity contribution is 5.70. The number of carbonyl (C=O) groups is 1. The first-order chi connectivity index (χ1) is 8.49. The maximum Gasteiger partial charge on any atom is 0.306 e. The van der Waals surface area contributed by atoms with Crippen molar-refractivity contribution in [2.45, 2.75) is 39.0 Å². The molecule has 0 amide bonds. The van der Waals surface area contributed by atoms with Gasteiger partial charge in [-0.15, -0.1) is 0 Å². The largest absolute Gasteiger partial charge is 0.496 e. The van der Waals surface area contributed by atoms with E-state index in [9.17, 15) is 4.79 Å². The first kappa shape index (κ1) is 14.6. The Balaban J connectivity index is 2.97. The van der Waals surface area contributed by atoms with E-state index in [0.717, 1.165) is 11.3 Å². The van der Waals surface area contributed by atoms with Crippen LogP contribution in [0.3, 0.4) is 0 Å². The summed E-state index contributed by atoms with van der Waals surface area (Å²) in [6, 6.07) is 6.11. The highest BCUT2D eigenvalue weighted by Crippen LogP contribution is 2.30. The fourth-order valence-electron chi connectivity index (χ4n) is 1.96. The lowest BCUT2D eigenvalue weighted by Gasteiger charge is -2.16. The molecule has 100 valence electrons. The van der Waals surface area contributed by atoms with Crippen LogP contribution in [0.4, 0.5) is 0 Å². The van der Waals surface area contributed by atoms with Gasteiger partial charge in [-0.3, -0.25) is 4.79 Å². The molecular weight excluding hydrogens is 228 g/mol. The lowest BCUT2D eigenvalue weighted by atomic mass is 9.92. The SMILES string of the molecule is COC(=O)CC(C)c1ccc(OC)c(C(C)C)c1. The molecule has 0 heterocycles. The van der Waals surface area contributed by atoms with Crippen LogP contribution >= 0.6 is 0 Å². The van der Waals surface area contributed by atoms with Crippen molar-refractivity contribution in [2.24, 2.45) is 0 Å². The number of hydrogen-bond donors (Lipinski definition) is 0. The Morgan fingerprint density at radius 2 is 1.89 bits per heavy atom. The molecule has 1 aromatic carbocycles. The summed E-state index contributed by atoms with van der Waals surface area (Å²) in [7, 11) is 3.10. The van der Waals surface area contributed by atoms with Crippen LogP contribution in [-0.2, 0) is 9.53 Å². The molecule has 0 aliphatic rings. The van der Waals surface area contributed by atoms with E-state index in [2.05, 4.69) is 19.9 Å². The third-order valence-corrected chi connectivity index (χ3v) is 3.15. The van der Waals surface area contributed by atoms with E-state index in [1.54, 1.807) is 7.11 Å². The Bertz CT molecular complexity index is 410. The maximum absolute atomic E-state index is 11.3. The molecule has 1 unspecified atom stereocenters. The summed E-state index contributed by atoms with van der Waals surface area (Å²) in [6.07, 6.45) is 0.403. The molecular formula is C15H22O3. The van der Waals surface area contributed by atoms with Gasteiger partial charge in [0.05, 0.1) is 20.6 Å². The molecule has 0 saturated heterocycles. The molecule has 3 nitrogen and oxygen atoms in total. The molecule has 0 aliphatic heterocycles. The lowest BCUT2D eigenvalue weighted by Crippen LogP contribution is -2.07. The van der Waals surface area contributed by atoms with Gasteiger partial charge < -0.3 is 9.47 Å². The molecule has 0 bridgehead atoms. The third-order valence-electron chi connectivity index (χ3n) is 3.15. The Labute approximate surface area is 109 Å². The summed E-state index contributed by atoms with van der Waals surface area (Å²) < 4.78 is 10.1. The summed E-state index contributed by atoms with van der Waals surface area (Å²) in [4.78, 5) is 11.3. The number of ether oxygens (including phenoxy) is 2. The molecule has 0 radical (unpaired) electrons. The van der Waals surface area contributed by atoms with Crippen molar-refractivity contribution in [2.75, 3.05) is 14.2 Å². The van der Waals surface area contributed by atoms with Crippen molar-refractivity contribution in [1.29, 1.82) is 0 Å². The second kappa shape index (κ2) is 6.43. The molecule has 0 N–H and O–H groups in total. The normalized spacial score (nSPS) is 12.3. The topological polar surface area (TPSA) is 35.5 Å². The molecule has 1 rings (SSSR count). The van der Waals surface area contributed by atoms with Gasteiger partial charge >= 0.3 is 5.97 Å². The van der Waals surface area contributed by atoms with Crippen LogP contribution < -0.4 is 4.74 Å². The van der Waals surface area contributed by atoms with Gasteiger partial charge in [0, 0.05) is 0 Å². The van der Waals surface area contributed by atoms with Crippen molar-refractivity contribution in [3.05, 3.63) is 29.3 Å². The number of esters is 1. The van der Waals surface area contributed by atoms with Gasteiger partial charge in [0.1, 0.15) is 5.75 Å². The zero-order valence-corrected chi connectivity index (χ0v) is 11.8. The van der Waals surface area contributed by atoms with Gasteiger partial charge in [0.25, 0.3) is 0 Å². The smallest absolute Gasteiger partial charge is 0.306 e. The summed E-state index contributed by atoms with van der Waals surface area (Å²) in [6.45, 7) is 6.29. The van der Waals surface area contributed by atoms with E-state index in [4.69, 9.17) is 9.47 Å². The van der Waals surface area contributed by atoms with E-state index in [0.29, 0.717) is 12.3 Å². The number of hydrogen-bond acceptors (Lipinski definition) is 3. The second-order valence-corrected chi connectivity index (χ2v) is 4.84. The second-order valence-electron chi connectivity index (χ2n) is 4.84. The molecule has 0 aromatic heterocycles. The van der Waals surface area contributed by atoms with Crippen molar-refractivity contribution in [3.8, 4) is 5.75 Å². The fraction of sp³-hybridized carbons (Fsp3) is 0.533. The van der Waals surface area contributed by atoms with Gasteiger partial charge in [0.2, 0.25) is 0 Å². The standard InChI is InChI=1S/C15H22O3/c1-10(2)13-9-12(6-7-14(13)17-4)11(3)8-15(16)18-5/h6-7,9-11H,8H2,1-5H3. The van der Waals surface area contributed by atoms with E-state index in [1.807, 2.05) is 19.1 Å². The molecule has 0 fully saturated rings. The predicted octanol–water partition coefficient (Wildman–Crippen LogP) is 3.49. The van der Waals surface area contributed by atoms with Gasteiger partial charge in [-0.1, -0.05) is 32.9 Å². The molecule has 0 spiro atoms. The quantitative estimate of drug-likeness (QED) is 0.750. The van der Waals surface area contributed by atoms with Crippen LogP contribution in [0.5, 0.6) is 5.75 Å². The van der Waals surface area contributed by atoms with Gasteiger partial charge in [0.15, 0.2) is 0 Å². The molecule has 1 aromatic rings. The zero-order chi connectivity index (χ0) is 13.7. The lowest BCUT2D eigenvalue weighted by molar-refractivity contribution is -0.140. The van der Waals surface area contributed by atoms with E-state index in [1.165, 1.54) is 12.7 Å². The minimum atomic E-state index is -0.176. The maximum atomic E-state index is 11.3. The molecule has 1 atom stereocenters. The van der Waals surface area contributed by atoms with Crippen molar-refractivity contribution in [3.63, 3.8) is 0 Å². The van der Waals surface area contributed by atoms with Gasteiger partial charge in [-0.2, -0.15) is 0 Å². The van der Waals surface area contributed by atoms with Crippen molar-refractivity contribution >= 4 is 5.97 Å². The highest BCUT2D eigenvalue weighted by atomic mass is 16.5. The fourth-order valence-corrected chi connectivity index (χ4v) is 1.96. The summed E-state index contributed by atoms with van der Waals surface area (Å²) in [5.41, 5.74) is 2.32. The van der Waals surface area contributed by atoms with Crippen LogP contribution in [0, 0.1) is 0 Å². The van der Waals surface area contributed by atoms with Crippen LogP contribution in [0.25, 0.3) is 0 Å². The Morgan fingerprint density at radius 3 is 2.39 bits per heavy atom. The van der Waals surface area contributed by atoms with Crippen LogP contribution in [0.2, 0.25) is 0 Å². The number of rotatable bonds is 5. The third kappa shape index (κ3) is 3.49. The Kier molecular flexibility index (Phi) is 5.20. The monoisotopic (exact) mass is 250 g/mol. The van der Waals surface area contributed by atoms with Crippen LogP contribution in [0.1, 0.15) is 50.2 Å².